The normalized spacial score (nSPS) is 15.7. The van der Waals surface area contributed by atoms with E-state index in [2.05, 4.69) is 87.7 Å². The van der Waals surface area contributed by atoms with Crippen LogP contribution in [0.15, 0.2) is 36.4 Å². The minimum atomic E-state index is 0.919. The summed E-state index contributed by atoms with van der Waals surface area (Å²) in [5.41, 5.74) is 12.7. The topological polar surface area (TPSA) is 32.3 Å². The monoisotopic (exact) mass is 466 g/mol. The van der Waals surface area contributed by atoms with E-state index >= 15 is 0 Å². The van der Waals surface area contributed by atoms with E-state index in [-0.39, 0.29) is 0 Å². The van der Waals surface area contributed by atoms with Gasteiger partial charge in [0, 0.05) is 37.0 Å². The summed E-state index contributed by atoms with van der Waals surface area (Å²) in [6, 6.07) is 13.5. The largest absolute Gasteiger partial charge is 0.296 e. The maximum atomic E-state index is 5.03. The number of aryl methyl sites for hydroxylation is 4. The summed E-state index contributed by atoms with van der Waals surface area (Å²) in [4.78, 5) is 15.2. The van der Waals surface area contributed by atoms with Crippen molar-refractivity contribution in [2.75, 3.05) is 26.2 Å². The fraction of sp³-hybridized carbons (Fsp3) is 0.419. The lowest BCUT2D eigenvalue weighted by Gasteiger charge is -2.22. The van der Waals surface area contributed by atoms with E-state index in [4.69, 9.17) is 9.97 Å². The average Bonchev–Trinajstić information content (AvgIpc) is 3.06. The molecule has 35 heavy (non-hydrogen) atoms. The highest BCUT2D eigenvalue weighted by Gasteiger charge is 2.17. The first-order valence-electron chi connectivity index (χ1n) is 13.0. The predicted molar refractivity (Wildman–Crippen MR) is 147 cm³/mol. The van der Waals surface area contributed by atoms with Gasteiger partial charge >= 0.3 is 0 Å². The minimum Gasteiger partial charge on any atom is -0.296 e. The highest BCUT2D eigenvalue weighted by atomic mass is 15.2. The number of benzene rings is 2. The van der Waals surface area contributed by atoms with Gasteiger partial charge in [-0.15, -0.1) is 0 Å². The first-order valence-corrected chi connectivity index (χ1v) is 13.0. The minimum absolute atomic E-state index is 0.919. The van der Waals surface area contributed by atoms with Gasteiger partial charge in [0.15, 0.2) is 0 Å². The van der Waals surface area contributed by atoms with Crippen molar-refractivity contribution in [3.63, 3.8) is 0 Å². The summed E-state index contributed by atoms with van der Waals surface area (Å²) < 4.78 is 0. The average molecular weight is 467 g/mol. The summed E-state index contributed by atoms with van der Waals surface area (Å²) >= 11 is 0. The van der Waals surface area contributed by atoms with Gasteiger partial charge in [0.1, 0.15) is 0 Å². The molecule has 0 radical (unpaired) electrons. The maximum absolute atomic E-state index is 5.03. The van der Waals surface area contributed by atoms with Gasteiger partial charge in [0.2, 0.25) is 0 Å². The van der Waals surface area contributed by atoms with Crippen LogP contribution in [0, 0.1) is 41.5 Å². The molecule has 4 aromatic rings. The van der Waals surface area contributed by atoms with Crippen LogP contribution >= 0.6 is 0 Å². The molecule has 2 aromatic heterocycles. The Kier molecular flexibility index (Phi) is 6.61. The van der Waals surface area contributed by atoms with E-state index in [1.807, 2.05) is 0 Å². The van der Waals surface area contributed by atoms with Crippen LogP contribution in [0.1, 0.15) is 51.2 Å². The number of pyridine rings is 2. The second-order valence-corrected chi connectivity index (χ2v) is 10.5. The van der Waals surface area contributed by atoms with Crippen molar-refractivity contribution in [2.24, 2.45) is 0 Å². The molecule has 0 amide bonds. The second kappa shape index (κ2) is 9.67. The molecule has 0 bridgehead atoms. The molecule has 0 unspecified atom stereocenters. The van der Waals surface area contributed by atoms with Crippen LogP contribution in [-0.2, 0) is 13.1 Å². The molecule has 0 atom stereocenters. The fourth-order valence-corrected chi connectivity index (χ4v) is 5.49. The van der Waals surface area contributed by atoms with Crippen LogP contribution in [0.3, 0.4) is 0 Å². The molecule has 4 nitrogen and oxygen atoms in total. The van der Waals surface area contributed by atoms with E-state index in [1.54, 1.807) is 0 Å². The quantitative estimate of drug-likeness (QED) is 0.351. The zero-order valence-corrected chi connectivity index (χ0v) is 22.2. The van der Waals surface area contributed by atoms with Gasteiger partial charge in [-0.3, -0.25) is 19.8 Å². The Labute approximate surface area is 210 Å². The Morgan fingerprint density at radius 1 is 0.571 bits per heavy atom. The maximum Gasteiger partial charge on any atom is 0.0711 e. The van der Waals surface area contributed by atoms with Crippen molar-refractivity contribution in [3.8, 4) is 0 Å². The summed E-state index contributed by atoms with van der Waals surface area (Å²) in [7, 11) is 0. The first kappa shape index (κ1) is 23.9. The molecular formula is C31H38N4. The number of nitrogens with zero attached hydrogens (tertiary/aromatic N) is 4. The number of fused-ring (bicyclic) bond motifs is 2. The molecule has 1 aliphatic heterocycles. The molecule has 5 rings (SSSR count). The summed E-state index contributed by atoms with van der Waals surface area (Å²) in [5.74, 6) is 0. The summed E-state index contributed by atoms with van der Waals surface area (Å²) in [6.07, 6.45) is 1.18. The second-order valence-electron chi connectivity index (χ2n) is 10.5. The van der Waals surface area contributed by atoms with Crippen molar-refractivity contribution < 1.29 is 0 Å². The number of aromatic nitrogens is 2. The number of rotatable bonds is 4. The van der Waals surface area contributed by atoms with Crippen LogP contribution in [0.25, 0.3) is 21.8 Å². The molecule has 182 valence electrons. The molecule has 0 saturated carbocycles. The highest BCUT2D eigenvalue weighted by molar-refractivity contribution is 5.85. The lowest BCUT2D eigenvalue weighted by atomic mass is 9.99. The lowest BCUT2D eigenvalue weighted by molar-refractivity contribution is 0.244. The third-order valence-electron chi connectivity index (χ3n) is 8.24. The predicted octanol–water partition coefficient (Wildman–Crippen LogP) is 6.34. The van der Waals surface area contributed by atoms with E-state index < -0.39 is 0 Å². The van der Waals surface area contributed by atoms with Crippen molar-refractivity contribution >= 4 is 21.8 Å². The Morgan fingerprint density at radius 2 is 1.00 bits per heavy atom. The zero-order chi connectivity index (χ0) is 24.7. The molecule has 1 fully saturated rings. The Morgan fingerprint density at radius 3 is 1.43 bits per heavy atom. The van der Waals surface area contributed by atoms with Gasteiger partial charge in [0.25, 0.3) is 0 Å². The van der Waals surface area contributed by atoms with E-state index in [1.165, 1.54) is 62.0 Å². The molecule has 1 saturated heterocycles. The summed E-state index contributed by atoms with van der Waals surface area (Å²) in [6.45, 7) is 19.4. The smallest absolute Gasteiger partial charge is 0.0711 e. The Hall–Kier alpha value is -2.82. The highest BCUT2D eigenvalue weighted by Crippen LogP contribution is 2.25. The van der Waals surface area contributed by atoms with Crippen molar-refractivity contribution in [1.82, 2.24) is 19.8 Å². The Balaban J connectivity index is 1.26. The standard InChI is InChI=1S/C31H38N4/c1-20-16-30-28(24(5)22(20)3)10-8-26(32-30)18-34-12-7-13-35(15-14-34)19-27-9-11-29-25(6)23(4)21(2)17-31(29)33-27/h8-11,16-17H,7,12-15,18-19H2,1-6H3. The van der Waals surface area contributed by atoms with Crippen molar-refractivity contribution in [3.05, 3.63) is 81.2 Å². The van der Waals surface area contributed by atoms with E-state index in [9.17, 15) is 0 Å². The molecule has 4 heteroatoms. The van der Waals surface area contributed by atoms with Gasteiger partial charge in [-0.05, 0) is 119 Å². The molecule has 2 aromatic carbocycles. The number of hydrogen-bond acceptors (Lipinski definition) is 4. The van der Waals surface area contributed by atoms with Crippen LogP contribution in [0.2, 0.25) is 0 Å². The van der Waals surface area contributed by atoms with Crippen LogP contribution in [-0.4, -0.2) is 45.9 Å². The molecule has 0 spiro atoms. The third-order valence-corrected chi connectivity index (χ3v) is 8.24. The fourth-order valence-electron chi connectivity index (χ4n) is 5.49. The molecule has 0 N–H and O–H groups in total. The molecule has 1 aliphatic rings. The summed E-state index contributed by atoms with van der Waals surface area (Å²) in [5, 5.41) is 2.56. The van der Waals surface area contributed by atoms with Crippen LogP contribution < -0.4 is 0 Å². The SMILES string of the molecule is Cc1cc2nc(CN3CCCN(Cc4ccc5c(C)c(C)c(C)cc5n4)CC3)ccc2c(C)c1C. The van der Waals surface area contributed by atoms with Crippen LogP contribution in [0.4, 0.5) is 0 Å². The van der Waals surface area contributed by atoms with Crippen molar-refractivity contribution in [1.29, 1.82) is 0 Å². The first-order chi connectivity index (χ1) is 16.8. The van der Waals surface area contributed by atoms with E-state index in [0.717, 1.165) is 50.3 Å². The third kappa shape index (κ3) is 4.82. The van der Waals surface area contributed by atoms with E-state index in [0.29, 0.717) is 0 Å². The lowest BCUT2D eigenvalue weighted by Crippen LogP contribution is -2.30. The van der Waals surface area contributed by atoms with Gasteiger partial charge in [-0.1, -0.05) is 12.1 Å². The molecular weight excluding hydrogens is 428 g/mol. The van der Waals surface area contributed by atoms with Gasteiger partial charge in [0.05, 0.1) is 22.4 Å². The zero-order valence-electron chi connectivity index (χ0n) is 22.2. The van der Waals surface area contributed by atoms with Gasteiger partial charge in [-0.25, -0.2) is 0 Å². The van der Waals surface area contributed by atoms with Gasteiger partial charge < -0.3 is 0 Å². The number of hydrogen-bond donors (Lipinski definition) is 0. The van der Waals surface area contributed by atoms with Gasteiger partial charge in [-0.2, -0.15) is 0 Å². The van der Waals surface area contributed by atoms with Crippen molar-refractivity contribution in [2.45, 2.75) is 61.1 Å². The molecule has 3 heterocycles. The van der Waals surface area contributed by atoms with Crippen LogP contribution in [0.5, 0.6) is 0 Å². The Bertz CT molecular complexity index is 1300. The molecule has 0 aliphatic carbocycles.